The molecular formula is C18H25NO3. The molecule has 1 saturated heterocycles. The summed E-state index contributed by atoms with van der Waals surface area (Å²) in [7, 11) is 1.42. The van der Waals surface area contributed by atoms with Gasteiger partial charge in [-0.05, 0) is 31.2 Å². The largest absolute Gasteiger partial charge is 0.466 e. The van der Waals surface area contributed by atoms with E-state index in [4.69, 9.17) is 9.47 Å². The van der Waals surface area contributed by atoms with Gasteiger partial charge in [0, 0.05) is 31.5 Å². The Labute approximate surface area is 132 Å². The van der Waals surface area contributed by atoms with Gasteiger partial charge in [0.25, 0.3) is 0 Å². The lowest BCUT2D eigenvalue weighted by Gasteiger charge is -2.21. The van der Waals surface area contributed by atoms with Crippen molar-refractivity contribution >= 4 is 5.97 Å². The molecule has 0 radical (unpaired) electrons. The van der Waals surface area contributed by atoms with E-state index in [0.717, 1.165) is 31.6 Å². The summed E-state index contributed by atoms with van der Waals surface area (Å²) in [6.07, 6.45) is 5.78. The molecule has 0 N–H and O–H groups in total. The monoisotopic (exact) mass is 303 g/mol. The Kier molecular flexibility index (Phi) is 6.97. The topological polar surface area (TPSA) is 38.8 Å². The van der Waals surface area contributed by atoms with Crippen LogP contribution in [0.25, 0.3) is 0 Å². The smallest absolute Gasteiger partial charge is 0.332 e. The number of carbonyl (C=O) groups is 1. The van der Waals surface area contributed by atoms with Crippen molar-refractivity contribution in [1.29, 1.82) is 0 Å². The number of allylic oxidation sites excluding steroid dienone is 1. The van der Waals surface area contributed by atoms with Crippen molar-refractivity contribution in [2.24, 2.45) is 0 Å². The zero-order valence-electron chi connectivity index (χ0n) is 13.3. The molecule has 1 aliphatic heterocycles. The highest BCUT2D eigenvalue weighted by Crippen LogP contribution is 2.19. The first-order valence-corrected chi connectivity index (χ1v) is 7.95. The molecule has 0 aromatic heterocycles. The SMILES string of the molecule is COC(=O)/C=C(\CCCOCc1ccccc1)N1CCCC1. The van der Waals surface area contributed by atoms with Crippen molar-refractivity contribution in [2.75, 3.05) is 26.8 Å². The van der Waals surface area contributed by atoms with Crippen molar-refractivity contribution < 1.29 is 14.3 Å². The van der Waals surface area contributed by atoms with Gasteiger partial charge in [-0.25, -0.2) is 4.79 Å². The number of nitrogens with zero attached hydrogens (tertiary/aromatic N) is 1. The van der Waals surface area contributed by atoms with Crippen LogP contribution in [0.1, 0.15) is 31.2 Å². The number of hydrogen-bond acceptors (Lipinski definition) is 4. The molecule has 0 bridgehead atoms. The number of methoxy groups -OCH3 is 1. The second-order valence-corrected chi connectivity index (χ2v) is 5.49. The van der Waals surface area contributed by atoms with Crippen LogP contribution in [0.4, 0.5) is 0 Å². The molecule has 4 nitrogen and oxygen atoms in total. The second-order valence-electron chi connectivity index (χ2n) is 5.49. The number of likely N-dealkylation sites (tertiary alicyclic amines) is 1. The van der Waals surface area contributed by atoms with Gasteiger partial charge < -0.3 is 14.4 Å². The molecule has 0 aliphatic carbocycles. The van der Waals surface area contributed by atoms with Crippen LogP contribution in [0.2, 0.25) is 0 Å². The summed E-state index contributed by atoms with van der Waals surface area (Å²) in [5.41, 5.74) is 2.26. The molecule has 1 aliphatic rings. The Morgan fingerprint density at radius 3 is 2.64 bits per heavy atom. The first kappa shape index (κ1) is 16.6. The maximum Gasteiger partial charge on any atom is 0.332 e. The van der Waals surface area contributed by atoms with Gasteiger partial charge in [-0.1, -0.05) is 30.3 Å². The van der Waals surface area contributed by atoms with Crippen molar-refractivity contribution in [3.63, 3.8) is 0 Å². The highest BCUT2D eigenvalue weighted by molar-refractivity contribution is 5.82. The molecule has 1 aromatic rings. The molecule has 120 valence electrons. The van der Waals surface area contributed by atoms with E-state index in [1.165, 1.54) is 25.5 Å². The first-order valence-electron chi connectivity index (χ1n) is 7.95. The van der Waals surface area contributed by atoms with Crippen molar-refractivity contribution in [2.45, 2.75) is 32.3 Å². The van der Waals surface area contributed by atoms with Gasteiger partial charge in [-0.3, -0.25) is 0 Å². The summed E-state index contributed by atoms with van der Waals surface area (Å²) >= 11 is 0. The van der Waals surface area contributed by atoms with Gasteiger partial charge in [0.2, 0.25) is 0 Å². The number of rotatable bonds is 8. The third-order valence-corrected chi connectivity index (χ3v) is 3.83. The summed E-state index contributed by atoms with van der Waals surface area (Å²) in [4.78, 5) is 13.8. The summed E-state index contributed by atoms with van der Waals surface area (Å²) in [6, 6.07) is 10.2. The lowest BCUT2D eigenvalue weighted by molar-refractivity contribution is -0.135. The van der Waals surface area contributed by atoms with Gasteiger partial charge in [0.1, 0.15) is 0 Å². The summed E-state index contributed by atoms with van der Waals surface area (Å²) in [5, 5.41) is 0. The Hall–Kier alpha value is -1.81. The highest BCUT2D eigenvalue weighted by Gasteiger charge is 2.15. The molecule has 4 heteroatoms. The minimum absolute atomic E-state index is 0.271. The van der Waals surface area contributed by atoms with Crippen LogP contribution < -0.4 is 0 Å². The third-order valence-electron chi connectivity index (χ3n) is 3.83. The number of carbonyl (C=O) groups excluding carboxylic acids is 1. The Morgan fingerprint density at radius 1 is 1.23 bits per heavy atom. The highest BCUT2D eigenvalue weighted by atomic mass is 16.5. The maximum absolute atomic E-state index is 11.5. The minimum atomic E-state index is -0.271. The number of hydrogen-bond donors (Lipinski definition) is 0. The fourth-order valence-corrected chi connectivity index (χ4v) is 2.64. The number of ether oxygens (including phenoxy) is 2. The number of esters is 1. The van der Waals surface area contributed by atoms with E-state index in [-0.39, 0.29) is 5.97 Å². The predicted octanol–water partition coefficient (Wildman–Crippen LogP) is 3.14. The fraction of sp³-hybridized carbons (Fsp3) is 0.500. The molecule has 1 aromatic carbocycles. The maximum atomic E-state index is 11.5. The van der Waals surface area contributed by atoms with E-state index in [2.05, 4.69) is 17.0 Å². The average molecular weight is 303 g/mol. The van der Waals surface area contributed by atoms with Crippen molar-refractivity contribution in [3.05, 3.63) is 47.7 Å². The van der Waals surface area contributed by atoms with E-state index in [0.29, 0.717) is 13.2 Å². The van der Waals surface area contributed by atoms with Gasteiger partial charge in [0.05, 0.1) is 13.7 Å². The van der Waals surface area contributed by atoms with Gasteiger partial charge in [0.15, 0.2) is 0 Å². The van der Waals surface area contributed by atoms with Crippen LogP contribution in [0.15, 0.2) is 42.1 Å². The van der Waals surface area contributed by atoms with Gasteiger partial charge in [-0.2, -0.15) is 0 Å². The standard InChI is InChI=1S/C18H25NO3/c1-21-18(20)14-17(19-11-5-6-12-19)10-7-13-22-15-16-8-3-2-4-9-16/h2-4,8-9,14H,5-7,10-13,15H2,1H3/b17-14+. The first-order chi connectivity index (χ1) is 10.8. The van der Waals surface area contributed by atoms with Crippen LogP contribution in [0.5, 0.6) is 0 Å². The Balaban J connectivity index is 1.74. The van der Waals surface area contributed by atoms with E-state index >= 15 is 0 Å². The Morgan fingerprint density at radius 2 is 1.95 bits per heavy atom. The second kappa shape index (κ2) is 9.26. The number of benzene rings is 1. The third kappa shape index (κ3) is 5.53. The Bertz CT molecular complexity index is 478. The van der Waals surface area contributed by atoms with Crippen LogP contribution in [0, 0.1) is 0 Å². The van der Waals surface area contributed by atoms with Crippen LogP contribution in [-0.4, -0.2) is 37.7 Å². The summed E-state index contributed by atoms with van der Waals surface area (Å²) in [6.45, 7) is 3.41. The molecular weight excluding hydrogens is 278 g/mol. The normalized spacial score (nSPS) is 15.1. The molecule has 2 rings (SSSR count). The lowest BCUT2D eigenvalue weighted by atomic mass is 10.2. The van der Waals surface area contributed by atoms with Crippen LogP contribution >= 0.6 is 0 Å². The summed E-state index contributed by atoms with van der Waals surface area (Å²) in [5.74, 6) is -0.271. The molecule has 0 spiro atoms. The molecule has 0 unspecified atom stereocenters. The zero-order chi connectivity index (χ0) is 15.6. The fourth-order valence-electron chi connectivity index (χ4n) is 2.64. The van der Waals surface area contributed by atoms with Gasteiger partial charge >= 0.3 is 5.97 Å². The van der Waals surface area contributed by atoms with Crippen molar-refractivity contribution in [1.82, 2.24) is 4.90 Å². The van der Waals surface area contributed by atoms with Crippen molar-refractivity contribution in [3.8, 4) is 0 Å². The lowest BCUT2D eigenvalue weighted by Crippen LogP contribution is -2.20. The van der Waals surface area contributed by atoms with Crippen LogP contribution in [-0.2, 0) is 20.9 Å². The predicted molar refractivity (Wildman–Crippen MR) is 86.2 cm³/mol. The average Bonchev–Trinajstić information content (AvgIpc) is 3.08. The van der Waals surface area contributed by atoms with E-state index < -0.39 is 0 Å². The molecule has 1 fully saturated rings. The van der Waals surface area contributed by atoms with E-state index in [1.54, 1.807) is 6.08 Å². The molecule has 22 heavy (non-hydrogen) atoms. The van der Waals surface area contributed by atoms with E-state index in [9.17, 15) is 4.79 Å². The molecule has 1 heterocycles. The zero-order valence-corrected chi connectivity index (χ0v) is 13.3. The quantitative estimate of drug-likeness (QED) is 0.420. The minimum Gasteiger partial charge on any atom is -0.466 e. The molecule has 0 atom stereocenters. The summed E-state index contributed by atoms with van der Waals surface area (Å²) < 4.78 is 10.5. The molecule has 0 saturated carbocycles. The van der Waals surface area contributed by atoms with E-state index in [1.807, 2.05) is 18.2 Å². The van der Waals surface area contributed by atoms with Gasteiger partial charge in [-0.15, -0.1) is 0 Å². The van der Waals surface area contributed by atoms with Crippen LogP contribution in [0.3, 0.4) is 0 Å². The molecule has 0 amide bonds.